The zero-order valence-electron chi connectivity index (χ0n) is 15.6. The molecule has 2 aliphatic rings. The molecule has 0 nitrogen and oxygen atoms in total. The van der Waals surface area contributed by atoms with E-state index in [1.165, 1.54) is 49.1 Å². The van der Waals surface area contributed by atoms with E-state index in [1.807, 2.05) is 0 Å². The molecule has 0 spiro atoms. The molecule has 1 aliphatic heterocycles. The van der Waals surface area contributed by atoms with E-state index in [-0.39, 0.29) is 7.92 Å². The Morgan fingerprint density at radius 1 is 0.571 bits per heavy atom. The summed E-state index contributed by atoms with van der Waals surface area (Å²) in [7, 11) is -0.240. The molecule has 1 radical (unpaired) electrons. The molecular weight excluding hydrogens is 355 g/mol. The monoisotopic (exact) mass is 375 g/mol. The molecule has 4 aromatic rings. The van der Waals surface area contributed by atoms with Crippen LogP contribution in [0.3, 0.4) is 0 Å². The van der Waals surface area contributed by atoms with Gasteiger partial charge in [0.2, 0.25) is 0 Å². The summed E-state index contributed by atoms with van der Waals surface area (Å²) in [5.41, 5.74) is 5.92. The third kappa shape index (κ3) is 2.49. The summed E-state index contributed by atoms with van der Waals surface area (Å²) in [6.45, 7) is 0. The van der Waals surface area contributed by atoms with Crippen LogP contribution >= 0.6 is 7.92 Å². The maximum atomic E-state index is 2.38. The molecule has 0 fully saturated rings. The molecule has 0 unspecified atom stereocenters. The van der Waals surface area contributed by atoms with Crippen molar-refractivity contribution in [3.05, 3.63) is 114 Å². The zero-order chi connectivity index (χ0) is 18.5. The second kappa shape index (κ2) is 6.43. The largest absolute Gasteiger partial charge is 0.0760 e. The summed E-state index contributed by atoms with van der Waals surface area (Å²) in [6.07, 6.45) is 11.3. The lowest BCUT2D eigenvalue weighted by Gasteiger charge is -2.18. The van der Waals surface area contributed by atoms with Gasteiger partial charge in [0.05, 0.1) is 0 Å². The zero-order valence-corrected chi connectivity index (χ0v) is 16.5. The number of rotatable bonds is 1. The highest BCUT2D eigenvalue weighted by molar-refractivity contribution is 7.60. The summed E-state index contributed by atoms with van der Waals surface area (Å²) in [6, 6.07) is 27.1. The van der Waals surface area contributed by atoms with Gasteiger partial charge in [-0.3, -0.25) is 0 Å². The molecule has 0 saturated heterocycles. The molecule has 0 N–H and O–H groups in total. The van der Waals surface area contributed by atoms with E-state index in [0.717, 1.165) is 12.3 Å². The molecule has 4 aromatic carbocycles. The van der Waals surface area contributed by atoms with Gasteiger partial charge in [-0.1, -0.05) is 98.9 Å². The second-order valence-electron chi connectivity index (χ2n) is 7.64. The minimum Gasteiger partial charge on any atom is -0.0760 e. The predicted octanol–water partition coefficient (Wildman–Crippen LogP) is 7.81. The van der Waals surface area contributed by atoms with Crippen molar-refractivity contribution in [1.29, 1.82) is 0 Å². The minimum atomic E-state index is -0.240. The second-order valence-corrected chi connectivity index (χ2v) is 9.87. The molecule has 0 bridgehead atoms. The first kappa shape index (κ1) is 16.3. The van der Waals surface area contributed by atoms with E-state index < -0.39 is 0 Å². The molecule has 133 valence electrons. The number of fused-ring (bicyclic) bond motifs is 7. The summed E-state index contributed by atoms with van der Waals surface area (Å²) >= 11 is 0. The van der Waals surface area contributed by atoms with Crippen LogP contribution < -0.4 is 0 Å². The van der Waals surface area contributed by atoms with E-state index in [9.17, 15) is 0 Å². The van der Waals surface area contributed by atoms with Crippen LogP contribution in [0.4, 0.5) is 0 Å². The van der Waals surface area contributed by atoms with Crippen molar-refractivity contribution in [2.75, 3.05) is 0 Å². The molecule has 28 heavy (non-hydrogen) atoms. The van der Waals surface area contributed by atoms with Crippen molar-refractivity contribution < 1.29 is 0 Å². The van der Waals surface area contributed by atoms with Gasteiger partial charge in [-0.2, -0.15) is 0 Å². The van der Waals surface area contributed by atoms with E-state index >= 15 is 0 Å². The highest BCUT2D eigenvalue weighted by Crippen LogP contribution is 2.58. The molecule has 1 heteroatoms. The van der Waals surface area contributed by atoms with Crippen LogP contribution in [0, 0.1) is 6.42 Å². The van der Waals surface area contributed by atoms with E-state index in [1.54, 1.807) is 0 Å². The number of hydrogen-bond donors (Lipinski definition) is 0. The third-order valence-electron chi connectivity index (χ3n) is 6.01. The van der Waals surface area contributed by atoms with E-state index in [0.29, 0.717) is 0 Å². The fourth-order valence-electron chi connectivity index (χ4n) is 4.71. The topological polar surface area (TPSA) is 0 Å². The van der Waals surface area contributed by atoms with Crippen LogP contribution in [0.2, 0.25) is 0 Å². The van der Waals surface area contributed by atoms with Crippen LogP contribution in [0.1, 0.15) is 11.1 Å². The van der Waals surface area contributed by atoms with Crippen LogP contribution in [0.5, 0.6) is 0 Å². The SMILES string of the molecule is [CH]1C=CC=C1P1Cc2ccc3ccccc3c2-c2c(ccc3ccccc23)C1. The Bertz CT molecular complexity index is 1210. The molecule has 0 amide bonds. The smallest absolute Gasteiger partial charge is 0.0130 e. The fraction of sp³-hybridized carbons (Fsp3) is 0.0741. The Hall–Kier alpha value is -2.69. The molecule has 6 rings (SSSR count). The first-order chi connectivity index (χ1) is 13.9. The Balaban J connectivity index is 1.71. The third-order valence-corrected chi connectivity index (χ3v) is 8.49. The van der Waals surface area contributed by atoms with Crippen molar-refractivity contribution >= 4 is 29.5 Å². The van der Waals surface area contributed by atoms with Crippen molar-refractivity contribution in [1.82, 2.24) is 0 Å². The molecule has 1 aliphatic carbocycles. The number of hydrogen-bond acceptors (Lipinski definition) is 0. The highest BCUT2D eigenvalue weighted by Gasteiger charge is 2.26. The average molecular weight is 375 g/mol. The van der Waals surface area contributed by atoms with Gasteiger partial charge < -0.3 is 0 Å². The van der Waals surface area contributed by atoms with Crippen molar-refractivity contribution in [3.63, 3.8) is 0 Å². The quantitative estimate of drug-likeness (QED) is 0.298. The van der Waals surface area contributed by atoms with Gasteiger partial charge in [0.1, 0.15) is 0 Å². The Morgan fingerprint density at radius 2 is 1.14 bits per heavy atom. The molecule has 0 atom stereocenters. The first-order valence-corrected chi connectivity index (χ1v) is 11.6. The summed E-state index contributed by atoms with van der Waals surface area (Å²) in [5, 5.41) is 6.96. The van der Waals surface area contributed by atoms with Gasteiger partial charge in [0.15, 0.2) is 0 Å². The Labute approximate surface area is 167 Å². The highest BCUT2D eigenvalue weighted by atomic mass is 31.1. The van der Waals surface area contributed by atoms with Gasteiger partial charge in [0.25, 0.3) is 0 Å². The lowest BCUT2D eigenvalue weighted by molar-refractivity contribution is 1.39. The lowest BCUT2D eigenvalue weighted by Crippen LogP contribution is -1.92. The average Bonchev–Trinajstić information content (AvgIpc) is 3.22. The van der Waals surface area contributed by atoms with Gasteiger partial charge in [0, 0.05) is 6.42 Å². The van der Waals surface area contributed by atoms with Crippen LogP contribution in [-0.2, 0) is 12.3 Å². The van der Waals surface area contributed by atoms with Gasteiger partial charge in [-0.15, -0.1) is 0 Å². The maximum absolute atomic E-state index is 2.38. The number of allylic oxidation sites excluding steroid dienone is 4. The standard InChI is InChI=1S/C27H20P/c1-5-11-24-19(7-1)13-15-21-17-28(23-9-3-4-10-23)18-22-16-14-20-8-2-6-12-25(20)27(22)26(21)24/h1-16H,17-18H2. The fourth-order valence-corrected chi connectivity index (χ4v) is 7.13. The van der Waals surface area contributed by atoms with E-state index in [2.05, 4.69) is 97.4 Å². The lowest BCUT2D eigenvalue weighted by atomic mass is 9.88. The summed E-state index contributed by atoms with van der Waals surface area (Å²) in [5.74, 6) is 0. The normalized spacial score (nSPS) is 16.1. The van der Waals surface area contributed by atoms with Crippen molar-refractivity contribution in [3.8, 4) is 11.1 Å². The summed E-state index contributed by atoms with van der Waals surface area (Å²) in [4.78, 5) is 0. The van der Waals surface area contributed by atoms with Gasteiger partial charge >= 0.3 is 0 Å². The molecule has 1 heterocycles. The van der Waals surface area contributed by atoms with Crippen molar-refractivity contribution in [2.45, 2.75) is 12.3 Å². The minimum absolute atomic E-state index is 0.240. The van der Waals surface area contributed by atoms with Gasteiger partial charge in [-0.05, 0) is 61.4 Å². The van der Waals surface area contributed by atoms with E-state index in [4.69, 9.17) is 0 Å². The Morgan fingerprint density at radius 3 is 1.68 bits per heavy atom. The first-order valence-electron chi connectivity index (χ1n) is 9.87. The summed E-state index contributed by atoms with van der Waals surface area (Å²) < 4.78 is 0. The van der Waals surface area contributed by atoms with Crippen LogP contribution in [0.25, 0.3) is 32.7 Å². The van der Waals surface area contributed by atoms with Crippen molar-refractivity contribution in [2.24, 2.45) is 0 Å². The number of benzene rings is 4. The Kier molecular flexibility index (Phi) is 3.74. The molecular formula is C27H20P. The predicted molar refractivity (Wildman–Crippen MR) is 123 cm³/mol. The molecule has 0 saturated carbocycles. The molecule has 0 aromatic heterocycles. The van der Waals surface area contributed by atoms with Crippen LogP contribution in [-0.4, -0.2) is 0 Å². The van der Waals surface area contributed by atoms with Crippen LogP contribution in [0.15, 0.2) is 96.3 Å². The van der Waals surface area contributed by atoms with Gasteiger partial charge in [-0.25, -0.2) is 0 Å². The maximum Gasteiger partial charge on any atom is 0.0130 e.